The molecule has 0 fully saturated rings. The second kappa shape index (κ2) is 6.40. The molecule has 0 aliphatic carbocycles. The molecule has 0 heterocycles. The number of halogens is 1. The normalized spacial score (nSPS) is 11.5. The van der Waals surface area contributed by atoms with Gasteiger partial charge in [-0.1, -0.05) is 30.3 Å². The van der Waals surface area contributed by atoms with Gasteiger partial charge in [-0.25, -0.2) is 0 Å². The van der Waals surface area contributed by atoms with Gasteiger partial charge in [0.05, 0.1) is 5.92 Å². The van der Waals surface area contributed by atoms with Gasteiger partial charge in [0.15, 0.2) is 0 Å². The number of carboxylic acids is 1. The van der Waals surface area contributed by atoms with Crippen molar-refractivity contribution >= 4 is 18.4 Å². The minimum Gasteiger partial charge on any atom is -0.481 e. The van der Waals surface area contributed by atoms with E-state index in [1.165, 1.54) is 0 Å². The lowest BCUT2D eigenvalue weighted by atomic mass is 9.96. The van der Waals surface area contributed by atoms with Crippen molar-refractivity contribution in [1.29, 1.82) is 0 Å². The third-order valence-electron chi connectivity index (χ3n) is 1.96. The van der Waals surface area contributed by atoms with Crippen LogP contribution in [0.4, 0.5) is 0 Å². The first-order valence-electron chi connectivity index (χ1n) is 4.23. The molecule has 4 heteroatoms. The van der Waals surface area contributed by atoms with Crippen LogP contribution < -0.4 is 5.73 Å². The number of aliphatic carboxylic acids is 1. The smallest absolute Gasteiger partial charge is 0.311 e. The molecule has 0 unspecified atom stereocenters. The van der Waals surface area contributed by atoms with Crippen molar-refractivity contribution in [3.8, 4) is 0 Å². The van der Waals surface area contributed by atoms with Gasteiger partial charge in [-0.3, -0.25) is 4.79 Å². The average molecular weight is 216 g/mol. The predicted molar refractivity (Wildman–Crippen MR) is 57.7 cm³/mol. The van der Waals surface area contributed by atoms with Crippen LogP contribution >= 0.6 is 12.4 Å². The minimum absolute atomic E-state index is 0. The van der Waals surface area contributed by atoms with Crippen molar-refractivity contribution in [2.45, 2.75) is 12.3 Å². The molecule has 0 aromatic heterocycles. The van der Waals surface area contributed by atoms with E-state index < -0.39 is 11.9 Å². The highest BCUT2D eigenvalue weighted by Gasteiger charge is 2.17. The van der Waals surface area contributed by atoms with Crippen LogP contribution in [0.1, 0.15) is 17.9 Å². The lowest BCUT2D eigenvalue weighted by Gasteiger charge is -2.10. The second-order valence-corrected chi connectivity index (χ2v) is 2.88. The van der Waals surface area contributed by atoms with E-state index in [-0.39, 0.29) is 12.4 Å². The van der Waals surface area contributed by atoms with Crippen molar-refractivity contribution in [2.75, 3.05) is 6.54 Å². The van der Waals surface area contributed by atoms with E-state index in [0.717, 1.165) is 5.56 Å². The van der Waals surface area contributed by atoms with Gasteiger partial charge in [-0.2, -0.15) is 0 Å². The van der Waals surface area contributed by atoms with E-state index in [0.29, 0.717) is 13.0 Å². The molecule has 0 saturated carbocycles. The largest absolute Gasteiger partial charge is 0.481 e. The third kappa shape index (κ3) is 3.36. The summed E-state index contributed by atoms with van der Waals surface area (Å²) in [6, 6.07) is 9.16. The highest BCUT2D eigenvalue weighted by Crippen LogP contribution is 2.18. The molecule has 14 heavy (non-hydrogen) atoms. The maximum Gasteiger partial charge on any atom is 0.311 e. The predicted octanol–water partition coefficient (Wildman–Crippen LogP) is 1.63. The Morgan fingerprint density at radius 2 is 1.93 bits per heavy atom. The molecule has 3 nitrogen and oxygen atoms in total. The maximum atomic E-state index is 10.8. The average Bonchev–Trinajstić information content (AvgIpc) is 2.15. The molecule has 3 N–H and O–H groups in total. The first kappa shape index (κ1) is 12.9. The van der Waals surface area contributed by atoms with Crippen molar-refractivity contribution in [2.24, 2.45) is 5.73 Å². The number of carbonyl (C=O) groups is 1. The van der Waals surface area contributed by atoms with Crippen molar-refractivity contribution in [1.82, 2.24) is 0 Å². The number of carboxylic acid groups (broad SMARTS) is 1. The summed E-state index contributed by atoms with van der Waals surface area (Å²) in [6.45, 7) is 0.395. The van der Waals surface area contributed by atoms with Gasteiger partial charge in [0, 0.05) is 0 Å². The number of rotatable bonds is 4. The summed E-state index contributed by atoms with van der Waals surface area (Å²) >= 11 is 0. The van der Waals surface area contributed by atoms with Crippen LogP contribution in [0.3, 0.4) is 0 Å². The number of nitrogens with two attached hydrogens (primary N) is 1. The molecule has 0 spiro atoms. The first-order chi connectivity index (χ1) is 6.25. The van der Waals surface area contributed by atoms with Gasteiger partial charge < -0.3 is 10.8 Å². The topological polar surface area (TPSA) is 63.3 Å². The van der Waals surface area contributed by atoms with Gasteiger partial charge in [0.25, 0.3) is 0 Å². The van der Waals surface area contributed by atoms with E-state index in [9.17, 15) is 4.79 Å². The van der Waals surface area contributed by atoms with Crippen molar-refractivity contribution < 1.29 is 9.90 Å². The molecular formula is C10H14ClNO2. The Bertz CT molecular complexity index is 277. The standard InChI is InChI=1S/C10H13NO2.ClH/c11-7-6-9(10(12)13)8-4-2-1-3-5-8;/h1-5,9H,6-7,11H2,(H,12,13);1H/t9-;/m1./s1. The first-order valence-corrected chi connectivity index (χ1v) is 4.23. The fourth-order valence-corrected chi connectivity index (χ4v) is 1.28. The summed E-state index contributed by atoms with van der Waals surface area (Å²) < 4.78 is 0. The summed E-state index contributed by atoms with van der Waals surface area (Å²) in [5.74, 6) is -1.28. The van der Waals surface area contributed by atoms with Gasteiger partial charge in [-0.05, 0) is 18.5 Å². The summed E-state index contributed by atoms with van der Waals surface area (Å²) in [5, 5.41) is 8.90. The zero-order valence-corrected chi connectivity index (χ0v) is 8.54. The van der Waals surface area contributed by atoms with Crippen LogP contribution in [-0.4, -0.2) is 17.6 Å². The maximum absolute atomic E-state index is 10.8. The van der Waals surface area contributed by atoms with Crippen LogP contribution in [0.2, 0.25) is 0 Å². The zero-order valence-electron chi connectivity index (χ0n) is 7.72. The Morgan fingerprint density at radius 1 is 1.36 bits per heavy atom. The molecule has 0 bridgehead atoms. The Balaban J connectivity index is 0.00000169. The van der Waals surface area contributed by atoms with E-state index in [4.69, 9.17) is 10.8 Å². The zero-order chi connectivity index (χ0) is 9.68. The van der Waals surface area contributed by atoms with Gasteiger partial charge in [0.2, 0.25) is 0 Å². The summed E-state index contributed by atoms with van der Waals surface area (Å²) in [7, 11) is 0. The van der Waals surface area contributed by atoms with Gasteiger partial charge >= 0.3 is 5.97 Å². The van der Waals surface area contributed by atoms with E-state index >= 15 is 0 Å². The minimum atomic E-state index is -0.809. The molecule has 0 aliphatic heterocycles. The van der Waals surface area contributed by atoms with Crippen LogP contribution in [0, 0.1) is 0 Å². The number of benzene rings is 1. The molecule has 0 radical (unpaired) electrons. The number of hydrogen-bond donors (Lipinski definition) is 2. The summed E-state index contributed by atoms with van der Waals surface area (Å²) in [4.78, 5) is 10.8. The molecular weight excluding hydrogens is 202 g/mol. The number of hydrogen-bond acceptors (Lipinski definition) is 2. The molecule has 0 amide bonds. The fraction of sp³-hybridized carbons (Fsp3) is 0.300. The van der Waals surface area contributed by atoms with Gasteiger partial charge in [0.1, 0.15) is 0 Å². The monoisotopic (exact) mass is 215 g/mol. The van der Waals surface area contributed by atoms with E-state index in [1.807, 2.05) is 30.3 Å². The van der Waals surface area contributed by atoms with Crippen molar-refractivity contribution in [3.63, 3.8) is 0 Å². The highest BCUT2D eigenvalue weighted by molar-refractivity contribution is 5.85. The third-order valence-corrected chi connectivity index (χ3v) is 1.96. The highest BCUT2D eigenvalue weighted by atomic mass is 35.5. The lowest BCUT2D eigenvalue weighted by Crippen LogP contribution is -2.15. The van der Waals surface area contributed by atoms with Gasteiger partial charge in [-0.15, -0.1) is 12.4 Å². The molecule has 1 rings (SSSR count). The fourth-order valence-electron chi connectivity index (χ4n) is 1.28. The Hall–Kier alpha value is -1.06. The summed E-state index contributed by atoms with van der Waals surface area (Å²) in [5.41, 5.74) is 6.16. The molecule has 78 valence electrons. The van der Waals surface area contributed by atoms with Crippen LogP contribution in [-0.2, 0) is 4.79 Å². The molecule has 0 aliphatic rings. The molecule has 1 atom stereocenters. The van der Waals surface area contributed by atoms with Crippen LogP contribution in [0.5, 0.6) is 0 Å². The SMILES string of the molecule is Cl.NCC[C@@H](C(=O)O)c1ccccc1. The van der Waals surface area contributed by atoms with Crippen LogP contribution in [0.25, 0.3) is 0 Å². The lowest BCUT2D eigenvalue weighted by molar-refractivity contribution is -0.138. The molecule has 1 aromatic rings. The van der Waals surface area contributed by atoms with Crippen LogP contribution in [0.15, 0.2) is 30.3 Å². The van der Waals surface area contributed by atoms with Crippen molar-refractivity contribution in [3.05, 3.63) is 35.9 Å². The quantitative estimate of drug-likeness (QED) is 0.803. The summed E-state index contributed by atoms with van der Waals surface area (Å²) in [6.07, 6.45) is 0.485. The molecule has 1 aromatic carbocycles. The Labute approximate surface area is 89.3 Å². The van der Waals surface area contributed by atoms with E-state index in [2.05, 4.69) is 0 Å². The molecule has 0 saturated heterocycles. The second-order valence-electron chi connectivity index (χ2n) is 2.88. The Kier molecular flexibility index (Phi) is 5.92. The Morgan fingerprint density at radius 3 is 2.36 bits per heavy atom. The van der Waals surface area contributed by atoms with E-state index in [1.54, 1.807) is 0 Å².